The number of benzene rings is 1. The summed E-state index contributed by atoms with van der Waals surface area (Å²) >= 11 is 0. The van der Waals surface area contributed by atoms with E-state index in [1.54, 1.807) is 6.07 Å². The molecule has 0 saturated heterocycles. The van der Waals surface area contributed by atoms with Gasteiger partial charge in [0.15, 0.2) is 5.96 Å². The van der Waals surface area contributed by atoms with Gasteiger partial charge in [0.2, 0.25) is 5.91 Å². The molecule has 6 nitrogen and oxygen atoms in total. The zero-order valence-electron chi connectivity index (χ0n) is 16.6. The van der Waals surface area contributed by atoms with Gasteiger partial charge in [0, 0.05) is 32.3 Å². The summed E-state index contributed by atoms with van der Waals surface area (Å²) in [6.45, 7) is 7.99. The quantitative estimate of drug-likeness (QED) is 0.583. The van der Waals surface area contributed by atoms with E-state index in [2.05, 4.69) is 44.6 Å². The van der Waals surface area contributed by atoms with Crippen molar-refractivity contribution in [2.45, 2.75) is 33.7 Å². The second kappa shape index (κ2) is 10.3. The number of hydrogen-bond acceptors (Lipinski definition) is 3. The summed E-state index contributed by atoms with van der Waals surface area (Å²) in [5.41, 5.74) is 3.39. The summed E-state index contributed by atoms with van der Waals surface area (Å²) in [6.07, 6.45) is 0.308. The summed E-state index contributed by atoms with van der Waals surface area (Å²) in [5.74, 6) is 1.28. The average Bonchev–Trinajstić information content (AvgIpc) is 2.63. The number of carbonyl (C=O) groups excluding carboxylic acids is 1. The van der Waals surface area contributed by atoms with Crippen LogP contribution in [0, 0.1) is 13.8 Å². The van der Waals surface area contributed by atoms with Crippen molar-refractivity contribution in [2.24, 2.45) is 4.99 Å². The Labute approximate surface area is 161 Å². The number of amides is 1. The Balaban J connectivity index is 1.92. The van der Waals surface area contributed by atoms with Crippen molar-refractivity contribution in [3.63, 3.8) is 0 Å². The molecule has 2 aromatic rings. The van der Waals surface area contributed by atoms with Gasteiger partial charge in [-0.15, -0.1) is 0 Å². The smallest absolute Gasteiger partial charge is 0.227 e. The lowest BCUT2D eigenvalue weighted by atomic mass is 10.1. The maximum Gasteiger partial charge on any atom is 0.227 e. The van der Waals surface area contributed by atoms with E-state index >= 15 is 0 Å². The van der Waals surface area contributed by atoms with E-state index in [1.807, 2.05) is 45.2 Å². The number of pyridine rings is 1. The number of aliphatic imine (C=N–C) groups is 1. The van der Waals surface area contributed by atoms with E-state index in [0.717, 1.165) is 24.7 Å². The predicted octanol–water partition coefficient (Wildman–Crippen LogP) is 3.12. The van der Waals surface area contributed by atoms with E-state index in [4.69, 9.17) is 0 Å². The maximum atomic E-state index is 12.1. The Morgan fingerprint density at radius 3 is 2.63 bits per heavy atom. The first kappa shape index (κ1) is 20.4. The van der Waals surface area contributed by atoms with Gasteiger partial charge in [-0.2, -0.15) is 0 Å². The molecule has 0 aliphatic rings. The molecule has 1 aromatic heterocycles. The summed E-state index contributed by atoms with van der Waals surface area (Å²) in [4.78, 5) is 23.1. The van der Waals surface area contributed by atoms with Crippen molar-refractivity contribution in [3.8, 4) is 0 Å². The number of nitrogens with one attached hydrogen (secondary N) is 2. The highest BCUT2D eigenvalue weighted by Gasteiger charge is 2.09. The van der Waals surface area contributed by atoms with E-state index in [0.29, 0.717) is 18.8 Å². The molecule has 0 saturated carbocycles. The summed E-state index contributed by atoms with van der Waals surface area (Å²) in [6, 6.07) is 13.9. The largest absolute Gasteiger partial charge is 0.357 e. The van der Waals surface area contributed by atoms with Gasteiger partial charge in [-0.05, 0) is 44.0 Å². The molecule has 2 rings (SSSR count). The molecule has 2 N–H and O–H groups in total. The van der Waals surface area contributed by atoms with Crippen molar-refractivity contribution in [1.82, 2.24) is 15.2 Å². The van der Waals surface area contributed by atoms with Crippen LogP contribution < -0.4 is 10.6 Å². The lowest BCUT2D eigenvalue weighted by Crippen LogP contribution is -2.38. The third-order valence-electron chi connectivity index (χ3n) is 4.12. The number of guanidine groups is 1. The SMILES string of the molecule is CCNC(=NCCC(=O)Nc1cccc(C)n1)N(C)Cc1ccccc1C. The van der Waals surface area contributed by atoms with Gasteiger partial charge in [-0.25, -0.2) is 4.98 Å². The molecule has 6 heteroatoms. The second-order valence-electron chi connectivity index (χ2n) is 6.48. The van der Waals surface area contributed by atoms with Crippen LogP contribution in [0.4, 0.5) is 5.82 Å². The third-order valence-corrected chi connectivity index (χ3v) is 4.12. The Morgan fingerprint density at radius 1 is 1.15 bits per heavy atom. The summed E-state index contributed by atoms with van der Waals surface area (Å²) in [7, 11) is 2.00. The monoisotopic (exact) mass is 367 g/mol. The Bertz CT molecular complexity index is 788. The Morgan fingerprint density at radius 2 is 1.93 bits per heavy atom. The fourth-order valence-corrected chi connectivity index (χ4v) is 2.67. The minimum Gasteiger partial charge on any atom is -0.357 e. The highest BCUT2D eigenvalue weighted by molar-refractivity contribution is 5.90. The third kappa shape index (κ3) is 6.73. The maximum absolute atomic E-state index is 12.1. The minimum absolute atomic E-state index is 0.0887. The minimum atomic E-state index is -0.0887. The van der Waals surface area contributed by atoms with Crippen LogP contribution in [-0.4, -0.2) is 41.9 Å². The number of hydrogen-bond donors (Lipinski definition) is 2. The van der Waals surface area contributed by atoms with Gasteiger partial charge in [0.1, 0.15) is 5.82 Å². The van der Waals surface area contributed by atoms with Crippen LogP contribution >= 0.6 is 0 Å². The Kier molecular flexibility index (Phi) is 7.79. The first-order valence-electron chi connectivity index (χ1n) is 9.27. The standard InChI is InChI=1S/C21H29N5O/c1-5-22-21(26(4)15-18-11-7-6-9-16(18)2)23-14-13-20(27)25-19-12-8-10-17(3)24-19/h6-12H,5,13-15H2,1-4H3,(H,22,23)(H,24,25,27). The van der Waals surface area contributed by atoms with E-state index in [-0.39, 0.29) is 5.91 Å². The molecule has 0 atom stereocenters. The average molecular weight is 367 g/mol. The molecule has 27 heavy (non-hydrogen) atoms. The molecule has 144 valence electrons. The van der Waals surface area contributed by atoms with Gasteiger partial charge >= 0.3 is 0 Å². The molecule has 0 aliphatic heterocycles. The van der Waals surface area contributed by atoms with Crippen molar-refractivity contribution in [2.75, 3.05) is 25.5 Å². The normalized spacial score (nSPS) is 11.2. The molecule has 0 unspecified atom stereocenters. The van der Waals surface area contributed by atoms with Crippen LogP contribution in [0.3, 0.4) is 0 Å². The fraction of sp³-hybridized carbons (Fsp3) is 0.381. The predicted molar refractivity (Wildman–Crippen MR) is 111 cm³/mol. The van der Waals surface area contributed by atoms with Crippen LogP contribution in [-0.2, 0) is 11.3 Å². The topological polar surface area (TPSA) is 69.6 Å². The molecular formula is C21H29N5O. The second-order valence-corrected chi connectivity index (χ2v) is 6.48. The molecule has 1 aromatic carbocycles. The molecule has 0 spiro atoms. The van der Waals surface area contributed by atoms with Crippen LogP contribution in [0.15, 0.2) is 47.5 Å². The van der Waals surface area contributed by atoms with E-state index in [9.17, 15) is 4.79 Å². The summed E-state index contributed by atoms with van der Waals surface area (Å²) < 4.78 is 0. The number of nitrogens with zero attached hydrogens (tertiary/aromatic N) is 3. The molecule has 0 fully saturated rings. The number of aryl methyl sites for hydroxylation is 2. The molecule has 1 heterocycles. The fourth-order valence-electron chi connectivity index (χ4n) is 2.67. The molecule has 0 radical (unpaired) electrons. The number of rotatable bonds is 7. The van der Waals surface area contributed by atoms with Crippen LogP contribution in [0.2, 0.25) is 0 Å². The summed E-state index contributed by atoms with van der Waals surface area (Å²) in [5, 5.41) is 6.10. The van der Waals surface area contributed by atoms with E-state index in [1.165, 1.54) is 11.1 Å². The van der Waals surface area contributed by atoms with Crippen molar-refractivity contribution < 1.29 is 4.79 Å². The molecule has 1 amide bonds. The molecular weight excluding hydrogens is 338 g/mol. The Hall–Kier alpha value is -2.89. The highest BCUT2D eigenvalue weighted by atomic mass is 16.1. The number of carbonyl (C=O) groups is 1. The van der Waals surface area contributed by atoms with Crippen LogP contribution in [0.1, 0.15) is 30.2 Å². The molecule has 0 aliphatic carbocycles. The lowest BCUT2D eigenvalue weighted by Gasteiger charge is -2.23. The van der Waals surface area contributed by atoms with Crippen LogP contribution in [0.5, 0.6) is 0 Å². The van der Waals surface area contributed by atoms with Crippen LogP contribution in [0.25, 0.3) is 0 Å². The number of anilines is 1. The molecule has 0 bridgehead atoms. The first-order valence-corrected chi connectivity index (χ1v) is 9.27. The van der Waals surface area contributed by atoms with Gasteiger partial charge < -0.3 is 15.5 Å². The number of aromatic nitrogens is 1. The lowest BCUT2D eigenvalue weighted by molar-refractivity contribution is -0.116. The van der Waals surface area contributed by atoms with Crippen molar-refractivity contribution in [3.05, 3.63) is 59.3 Å². The van der Waals surface area contributed by atoms with E-state index < -0.39 is 0 Å². The highest BCUT2D eigenvalue weighted by Crippen LogP contribution is 2.10. The van der Waals surface area contributed by atoms with Gasteiger partial charge in [0.05, 0.1) is 6.54 Å². The first-order chi connectivity index (χ1) is 13.0. The van der Waals surface area contributed by atoms with Crippen molar-refractivity contribution >= 4 is 17.7 Å². The van der Waals surface area contributed by atoms with Gasteiger partial charge in [-0.3, -0.25) is 9.79 Å². The van der Waals surface area contributed by atoms with Crippen molar-refractivity contribution in [1.29, 1.82) is 0 Å². The zero-order valence-corrected chi connectivity index (χ0v) is 16.6. The zero-order chi connectivity index (χ0) is 19.6. The van der Waals surface area contributed by atoms with Gasteiger partial charge in [0.25, 0.3) is 0 Å². The van der Waals surface area contributed by atoms with Gasteiger partial charge in [-0.1, -0.05) is 30.3 Å².